The van der Waals surface area contributed by atoms with Gasteiger partial charge < -0.3 is 14.5 Å². The van der Waals surface area contributed by atoms with Gasteiger partial charge in [-0.2, -0.15) is 0 Å². The van der Waals surface area contributed by atoms with Gasteiger partial charge in [-0.1, -0.05) is 11.3 Å². The van der Waals surface area contributed by atoms with Crippen LogP contribution in [-0.2, 0) is 11.2 Å². The molecule has 0 aliphatic rings. The number of aryl methyl sites for hydroxylation is 1. The lowest BCUT2D eigenvalue weighted by Gasteiger charge is -2.00. The summed E-state index contributed by atoms with van der Waals surface area (Å²) in [5.74, 6) is 0.825. The van der Waals surface area contributed by atoms with E-state index >= 15 is 0 Å². The highest BCUT2D eigenvalue weighted by atomic mass is 32.1. The molecule has 6 heteroatoms. The van der Waals surface area contributed by atoms with Gasteiger partial charge >= 0.3 is 0 Å². The van der Waals surface area contributed by atoms with E-state index in [2.05, 4.69) is 15.5 Å². The second kappa shape index (κ2) is 6.63. The average Bonchev–Trinajstić information content (AvgIpc) is 2.97. The molecule has 0 bridgehead atoms. The van der Waals surface area contributed by atoms with Gasteiger partial charge in [0.15, 0.2) is 10.8 Å². The van der Waals surface area contributed by atoms with Crippen molar-refractivity contribution in [1.82, 2.24) is 15.5 Å². The highest BCUT2D eigenvalue weighted by molar-refractivity contribution is 7.14. The van der Waals surface area contributed by atoms with E-state index in [-0.39, 0.29) is 0 Å². The number of nitrogens with one attached hydrogen (secondary N) is 1. The van der Waals surface area contributed by atoms with Crippen LogP contribution in [-0.4, -0.2) is 37.0 Å². The minimum absolute atomic E-state index is 0.729. The molecule has 0 aromatic carbocycles. The average molecular weight is 267 g/mol. The molecule has 18 heavy (non-hydrogen) atoms. The summed E-state index contributed by atoms with van der Waals surface area (Å²) in [6.45, 7) is 4.48. The summed E-state index contributed by atoms with van der Waals surface area (Å²) in [4.78, 5) is 0. The predicted molar refractivity (Wildman–Crippen MR) is 70.8 cm³/mol. The van der Waals surface area contributed by atoms with Crippen LogP contribution in [0.25, 0.3) is 10.8 Å². The Morgan fingerprint density at radius 2 is 2.28 bits per heavy atom. The number of nitrogens with zero attached hydrogens (tertiary/aromatic N) is 2. The molecule has 0 atom stereocenters. The lowest BCUT2D eigenvalue weighted by Crippen LogP contribution is -2.21. The summed E-state index contributed by atoms with van der Waals surface area (Å²) < 4.78 is 10.4. The first-order valence-corrected chi connectivity index (χ1v) is 6.69. The van der Waals surface area contributed by atoms with Crippen LogP contribution in [0.1, 0.15) is 10.6 Å². The van der Waals surface area contributed by atoms with Crippen molar-refractivity contribution in [2.24, 2.45) is 0 Å². The lowest BCUT2D eigenvalue weighted by molar-refractivity contribution is 0.199. The van der Waals surface area contributed by atoms with Gasteiger partial charge in [-0.15, -0.1) is 10.2 Å². The van der Waals surface area contributed by atoms with Gasteiger partial charge in [0.25, 0.3) is 0 Å². The molecule has 0 unspecified atom stereocenters. The fourth-order valence-electron chi connectivity index (χ4n) is 1.53. The van der Waals surface area contributed by atoms with Crippen LogP contribution in [0.4, 0.5) is 0 Å². The molecule has 0 amide bonds. The Labute approximate surface area is 110 Å². The van der Waals surface area contributed by atoms with Gasteiger partial charge in [-0.25, -0.2) is 0 Å². The van der Waals surface area contributed by atoms with Crippen molar-refractivity contribution in [1.29, 1.82) is 0 Å². The van der Waals surface area contributed by atoms with E-state index in [1.54, 1.807) is 24.7 Å². The fourth-order valence-corrected chi connectivity index (χ4v) is 2.43. The molecule has 0 spiro atoms. The first-order valence-electron chi connectivity index (χ1n) is 5.87. The zero-order valence-electron chi connectivity index (χ0n) is 10.6. The van der Waals surface area contributed by atoms with E-state index in [0.717, 1.165) is 47.5 Å². The van der Waals surface area contributed by atoms with Crippen molar-refractivity contribution in [3.05, 3.63) is 22.9 Å². The molecule has 0 aliphatic heterocycles. The monoisotopic (exact) mass is 267 g/mol. The van der Waals surface area contributed by atoms with Crippen LogP contribution in [0, 0.1) is 6.92 Å². The maximum atomic E-state index is 5.40. The highest BCUT2D eigenvalue weighted by Crippen LogP contribution is 2.27. The molecular weight excluding hydrogens is 250 g/mol. The molecule has 2 rings (SSSR count). The Morgan fingerprint density at radius 1 is 1.39 bits per heavy atom. The minimum atomic E-state index is 0.729. The van der Waals surface area contributed by atoms with E-state index in [9.17, 15) is 0 Å². The highest BCUT2D eigenvalue weighted by Gasteiger charge is 2.11. The Kier molecular flexibility index (Phi) is 4.86. The number of hydrogen-bond acceptors (Lipinski definition) is 6. The Hall–Kier alpha value is -1.24. The zero-order chi connectivity index (χ0) is 12.8. The molecule has 0 radical (unpaired) electrons. The Balaban J connectivity index is 1.85. The summed E-state index contributed by atoms with van der Waals surface area (Å²) in [6.07, 6.45) is 2.55. The van der Waals surface area contributed by atoms with Crippen molar-refractivity contribution in [2.45, 2.75) is 13.3 Å². The molecule has 0 saturated carbocycles. The van der Waals surface area contributed by atoms with E-state index in [1.807, 2.05) is 13.0 Å². The molecule has 2 aromatic heterocycles. The molecule has 1 N–H and O–H groups in total. The number of aromatic nitrogens is 2. The van der Waals surface area contributed by atoms with Crippen LogP contribution >= 0.6 is 11.3 Å². The molecule has 98 valence electrons. The molecule has 2 aromatic rings. The van der Waals surface area contributed by atoms with Crippen LogP contribution in [0.5, 0.6) is 0 Å². The molecule has 2 heterocycles. The van der Waals surface area contributed by atoms with Crippen molar-refractivity contribution in [3.63, 3.8) is 0 Å². The summed E-state index contributed by atoms with van der Waals surface area (Å²) >= 11 is 1.58. The topological polar surface area (TPSA) is 60.2 Å². The molecule has 0 fully saturated rings. The van der Waals surface area contributed by atoms with Crippen molar-refractivity contribution in [2.75, 3.05) is 26.8 Å². The van der Waals surface area contributed by atoms with Crippen LogP contribution in [0.2, 0.25) is 0 Å². The SMILES string of the molecule is COCCNCCc1nnc(-c2occc2C)s1. The maximum Gasteiger partial charge on any atom is 0.183 e. The molecular formula is C12H17N3O2S. The second-order valence-electron chi connectivity index (χ2n) is 3.93. The molecule has 5 nitrogen and oxygen atoms in total. The number of methoxy groups -OCH3 is 1. The van der Waals surface area contributed by atoms with Crippen LogP contribution in [0.3, 0.4) is 0 Å². The predicted octanol–water partition coefficient (Wildman–Crippen LogP) is 1.89. The number of ether oxygens (including phenoxy) is 1. The largest absolute Gasteiger partial charge is 0.461 e. The molecule has 0 aliphatic carbocycles. The third-order valence-corrected chi connectivity index (χ3v) is 3.50. The normalized spacial score (nSPS) is 11.0. The van der Waals surface area contributed by atoms with Crippen LogP contribution in [0.15, 0.2) is 16.7 Å². The first-order chi connectivity index (χ1) is 8.81. The van der Waals surface area contributed by atoms with E-state index in [4.69, 9.17) is 9.15 Å². The van der Waals surface area contributed by atoms with Crippen LogP contribution < -0.4 is 5.32 Å². The third-order valence-electron chi connectivity index (χ3n) is 2.52. The van der Waals surface area contributed by atoms with Gasteiger partial charge in [0, 0.05) is 26.6 Å². The lowest BCUT2D eigenvalue weighted by atomic mass is 10.3. The summed E-state index contributed by atoms with van der Waals surface area (Å²) in [6, 6.07) is 1.93. The number of furan rings is 1. The van der Waals surface area contributed by atoms with Gasteiger partial charge in [0.2, 0.25) is 0 Å². The van der Waals surface area contributed by atoms with Gasteiger partial charge in [-0.05, 0) is 18.6 Å². The van der Waals surface area contributed by atoms with Gasteiger partial charge in [-0.3, -0.25) is 0 Å². The third kappa shape index (κ3) is 3.38. The standard InChI is InChI=1S/C12H17N3O2S/c1-9-4-7-17-11(9)12-15-14-10(18-12)3-5-13-6-8-16-2/h4,7,13H,3,5-6,8H2,1-2H3. The first kappa shape index (κ1) is 13.2. The van der Waals surface area contributed by atoms with E-state index in [1.165, 1.54) is 0 Å². The smallest absolute Gasteiger partial charge is 0.183 e. The number of hydrogen-bond donors (Lipinski definition) is 1. The summed E-state index contributed by atoms with van der Waals surface area (Å²) in [5.41, 5.74) is 1.09. The zero-order valence-corrected chi connectivity index (χ0v) is 11.4. The van der Waals surface area contributed by atoms with Crippen molar-refractivity contribution in [3.8, 4) is 10.8 Å². The maximum absolute atomic E-state index is 5.40. The van der Waals surface area contributed by atoms with E-state index in [0.29, 0.717) is 0 Å². The second-order valence-corrected chi connectivity index (χ2v) is 4.99. The van der Waals surface area contributed by atoms with Gasteiger partial charge in [0.05, 0.1) is 12.9 Å². The summed E-state index contributed by atoms with van der Waals surface area (Å²) in [7, 11) is 1.70. The Bertz CT molecular complexity index is 481. The van der Waals surface area contributed by atoms with Crippen molar-refractivity contribution >= 4 is 11.3 Å². The minimum Gasteiger partial charge on any atom is -0.461 e. The quantitative estimate of drug-likeness (QED) is 0.776. The number of rotatable bonds is 7. The van der Waals surface area contributed by atoms with Gasteiger partial charge in [0.1, 0.15) is 5.01 Å². The van der Waals surface area contributed by atoms with Crippen molar-refractivity contribution < 1.29 is 9.15 Å². The Morgan fingerprint density at radius 3 is 3.00 bits per heavy atom. The fraction of sp³-hybridized carbons (Fsp3) is 0.500. The molecule has 0 saturated heterocycles. The summed E-state index contributed by atoms with van der Waals surface area (Å²) in [5, 5.41) is 13.5. The van der Waals surface area contributed by atoms with E-state index < -0.39 is 0 Å².